The van der Waals surface area contributed by atoms with Gasteiger partial charge in [-0.25, -0.2) is 9.97 Å². The number of carbonyl (C=O) groups is 1. The molecule has 0 bridgehead atoms. The molecule has 0 aliphatic heterocycles. The molecule has 0 saturated carbocycles. The summed E-state index contributed by atoms with van der Waals surface area (Å²) in [5.41, 5.74) is 1.17. The minimum absolute atomic E-state index is 0.0267. The number of aromatic nitrogens is 2. The summed E-state index contributed by atoms with van der Waals surface area (Å²) in [6, 6.07) is 9.91. The van der Waals surface area contributed by atoms with Crippen molar-refractivity contribution in [3.8, 4) is 5.75 Å². The Labute approximate surface area is 164 Å². The molecule has 3 aromatic rings. The molecule has 2 heterocycles. The van der Waals surface area contributed by atoms with Crippen LogP contribution in [0.1, 0.15) is 17.0 Å². The number of esters is 1. The summed E-state index contributed by atoms with van der Waals surface area (Å²) in [5.74, 6) is 0.125. The Hall–Kier alpha value is -2.64. The molecular weight excluding hydrogens is 388 g/mol. The first-order valence-electron chi connectivity index (χ1n) is 7.99. The van der Waals surface area contributed by atoms with E-state index in [0.29, 0.717) is 21.7 Å². The zero-order chi connectivity index (χ0) is 19.2. The number of aryl methyl sites for hydroxylation is 1. The van der Waals surface area contributed by atoms with E-state index in [2.05, 4.69) is 9.97 Å². The first-order valence-corrected chi connectivity index (χ1v) is 9.35. The van der Waals surface area contributed by atoms with E-state index in [9.17, 15) is 9.59 Å². The smallest absolute Gasteiger partial charge is 0.315 e. The van der Waals surface area contributed by atoms with Crippen LogP contribution in [0.5, 0.6) is 5.75 Å². The van der Waals surface area contributed by atoms with Crippen LogP contribution in [0.4, 0.5) is 0 Å². The number of nitrogens with zero attached hydrogens (tertiary/aromatic N) is 2. The molecule has 0 spiro atoms. The van der Waals surface area contributed by atoms with E-state index >= 15 is 0 Å². The molecule has 6 nitrogen and oxygen atoms in total. The second kappa shape index (κ2) is 8.83. The van der Waals surface area contributed by atoms with Gasteiger partial charge in [-0.05, 0) is 30.7 Å². The van der Waals surface area contributed by atoms with Gasteiger partial charge in [0.25, 0.3) is 0 Å². The maximum Gasteiger partial charge on any atom is 0.315 e. The number of hydrogen-bond acceptors (Lipinski definition) is 7. The molecule has 1 aromatic carbocycles. The summed E-state index contributed by atoms with van der Waals surface area (Å²) in [5, 5.41) is 1.17. The molecular formula is C19H15ClN2O4S. The van der Waals surface area contributed by atoms with Crippen LogP contribution in [0.2, 0.25) is 5.02 Å². The van der Waals surface area contributed by atoms with Crippen LogP contribution in [-0.4, -0.2) is 15.9 Å². The molecule has 0 atom stereocenters. The average Bonchev–Trinajstić information content (AvgIpc) is 2.64. The summed E-state index contributed by atoms with van der Waals surface area (Å²) in [7, 11) is 0. The van der Waals surface area contributed by atoms with E-state index in [1.165, 1.54) is 17.8 Å². The average molecular weight is 403 g/mol. The van der Waals surface area contributed by atoms with Gasteiger partial charge in [-0.2, -0.15) is 0 Å². The Balaban J connectivity index is 1.59. The van der Waals surface area contributed by atoms with Crippen molar-refractivity contribution in [1.29, 1.82) is 0 Å². The maximum atomic E-state index is 12.1. The summed E-state index contributed by atoms with van der Waals surface area (Å²) in [6.07, 6.45) is 2.85. The fourth-order valence-electron chi connectivity index (χ4n) is 2.15. The third-order valence-corrected chi connectivity index (χ3v) is 4.59. The minimum Gasteiger partial charge on any atom is -0.464 e. The van der Waals surface area contributed by atoms with Crippen LogP contribution in [0.25, 0.3) is 0 Å². The fourth-order valence-corrected chi connectivity index (χ4v) is 3.04. The molecule has 8 heteroatoms. The minimum atomic E-state index is -0.556. The summed E-state index contributed by atoms with van der Waals surface area (Å²) in [6.45, 7) is 1.87. The second-order valence-electron chi connectivity index (χ2n) is 5.62. The Morgan fingerprint density at radius 3 is 2.74 bits per heavy atom. The topological polar surface area (TPSA) is 82.3 Å². The lowest BCUT2D eigenvalue weighted by atomic mass is 10.1. The van der Waals surface area contributed by atoms with Crippen LogP contribution in [0.15, 0.2) is 63.2 Å². The number of benzene rings is 1. The number of ether oxygens (including phenoxy) is 1. The number of hydrogen-bond donors (Lipinski definition) is 0. The van der Waals surface area contributed by atoms with Gasteiger partial charge < -0.3 is 9.15 Å². The quantitative estimate of drug-likeness (QED) is 0.352. The van der Waals surface area contributed by atoms with Gasteiger partial charge in [-0.1, -0.05) is 35.5 Å². The lowest BCUT2D eigenvalue weighted by molar-refractivity contribution is -0.133. The van der Waals surface area contributed by atoms with Gasteiger partial charge in [0.2, 0.25) is 11.2 Å². The van der Waals surface area contributed by atoms with Crippen molar-refractivity contribution < 1.29 is 13.9 Å². The lowest BCUT2D eigenvalue weighted by Gasteiger charge is -2.05. The monoisotopic (exact) mass is 402 g/mol. The van der Waals surface area contributed by atoms with Crippen molar-refractivity contribution in [2.75, 3.05) is 0 Å². The van der Waals surface area contributed by atoms with Gasteiger partial charge >= 0.3 is 5.97 Å². The predicted molar refractivity (Wildman–Crippen MR) is 102 cm³/mol. The van der Waals surface area contributed by atoms with E-state index < -0.39 is 11.4 Å². The Bertz CT molecular complexity index is 1010. The first kappa shape index (κ1) is 19.1. The Morgan fingerprint density at radius 1 is 1.26 bits per heavy atom. The fraction of sp³-hybridized carbons (Fsp3) is 0.158. The molecule has 0 unspecified atom stereocenters. The van der Waals surface area contributed by atoms with Gasteiger partial charge in [0, 0.05) is 23.0 Å². The van der Waals surface area contributed by atoms with Crippen LogP contribution in [-0.2, 0) is 17.0 Å². The molecule has 0 amide bonds. The zero-order valence-electron chi connectivity index (χ0n) is 14.3. The molecule has 27 heavy (non-hydrogen) atoms. The normalized spacial score (nSPS) is 10.6. The SMILES string of the molecule is Cc1ccnc(SCc2cc(=O)c(OC(=O)Cc3ccc(Cl)cc3)co2)n1. The van der Waals surface area contributed by atoms with E-state index in [0.717, 1.165) is 17.5 Å². The largest absolute Gasteiger partial charge is 0.464 e. The van der Waals surface area contributed by atoms with Crippen LogP contribution in [0.3, 0.4) is 0 Å². The molecule has 0 N–H and O–H groups in total. The van der Waals surface area contributed by atoms with Crippen molar-refractivity contribution in [3.63, 3.8) is 0 Å². The van der Waals surface area contributed by atoms with E-state index in [1.54, 1.807) is 36.5 Å². The second-order valence-corrected chi connectivity index (χ2v) is 7.00. The highest BCUT2D eigenvalue weighted by Gasteiger charge is 2.12. The van der Waals surface area contributed by atoms with Crippen molar-refractivity contribution >= 4 is 29.3 Å². The van der Waals surface area contributed by atoms with E-state index in [1.807, 2.05) is 6.92 Å². The summed E-state index contributed by atoms with van der Waals surface area (Å²) < 4.78 is 10.5. The first-order chi connectivity index (χ1) is 13.0. The van der Waals surface area contributed by atoms with Crippen molar-refractivity contribution in [1.82, 2.24) is 9.97 Å². The molecule has 0 aliphatic carbocycles. The molecule has 138 valence electrons. The van der Waals surface area contributed by atoms with Crippen molar-refractivity contribution in [2.45, 2.75) is 24.3 Å². The highest BCUT2D eigenvalue weighted by atomic mass is 35.5. The van der Waals surface area contributed by atoms with E-state index in [4.69, 9.17) is 20.8 Å². The molecule has 0 aliphatic rings. The standard InChI is InChI=1S/C19H15ClN2O4S/c1-12-6-7-21-19(22-12)27-11-15-9-16(23)17(10-25-15)26-18(24)8-13-2-4-14(20)5-3-13/h2-7,9-10H,8,11H2,1H3. The van der Waals surface area contributed by atoms with Gasteiger partial charge in [0.05, 0.1) is 12.2 Å². The van der Waals surface area contributed by atoms with Gasteiger partial charge in [0.15, 0.2) is 5.16 Å². The van der Waals surface area contributed by atoms with Crippen LogP contribution >= 0.6 is 23.4 Å². The number of halogens is 1. The Kier molecular flexibility index (Phi) is 6.26. The zero-order valence-corrected chi connectivity index (χ0v) is 15.9. The molecule has 0 radical (unpaired) electrons. The van der Waals surface area contributed by atoms with Gasteiger partial charge in [-0.15, -0.1) is 0 Å². The van der Waals surface area contributed by atoms with Crippen molar-refractivity contribution in [2.24, 2.45) is 0 Å². The van der Waals surface area contributed by atoms with Crippen LogP contribution in [0, 0.1) is 6.92 Å². The summed E-state index contributed by atoms with van der Waals surface area (Å²) >= 11 is 7.15. The maximum absolute atomic E-state index is 12.1. The van der Waals surface area contributed by atoms with Crippen molar-refractivity contribution in [3.05, 3.63) is 81.1 Å². The summed E-state index contributed by atoms with van der Waals surface area (Å²) in [4.78, 5) is 32.5. The highest BCUT2D eigenvalue weighted by Crippen LogP contribution is 2.19. The van der Waals surface area contributed by atoms with E-state index in [-0.39, 0.29) is 12.2 Å². The van der Waals surface area contributed by atoms with Crippen LogP contribution < -0.4 is 10.2 Å². The number of thioether (sulfide) groups is 1. The third-order valence-electron chi connectivity index (χ3n) is 3.45. The molecule has 0 saturated heterocycles. The number of rotatable bonds is 6. The molecule has 0 fully saturated rings. The molecule has 2 aromatic heterocycles. The predicted octanol–water partition coefficient (Wildman–Crippen LogP) is 3.83. The number of carbonyl (C=O) groups excluding carboxylic acids is 1. The Morgan fingerprint density at radius 2 is 2.04 bits per heavy atom. The lowest BCUT2D eigenvalue weighted by Crippen LogP contribution is -2.16. The van der Waals surface area contributed by atoms with Gasteiger partial charge in [-0.3, -0.25) is 9.59 Å². The highest BCUT2D eigenvalue weighted by molar-refractivity contribution is 7.98. The van der Waals surface area contributed by atoms with Gasteiger partial charge in [0.1, 0.15) is 12.0 Å². The third kappa shape index (κ3) is 5.67. The molecule has 3 rings (SSSR count).